The van der Waals surface area contributed by atoms with E-state index in [0.717, 1.165) is 22.9 Å². The maximum absolute atomic E-state index is 10.1. The van der Waals surface area contributed by atoms with E-state index in [1.54, 1.807) is 6.07 Å². The first-order valence-corrected chi connectivity index (χ1v) is 8.09. The van der Waals surface area contributed by atoms with Crippen LogP contribution >= 0.6 is 15.9 Å². The van der Waals surface area contributed by atoms with Gasteiger partial charge in [-0.15, -0.1) is 0 Å². The Morgan fingerprint density at radius 1 is 1.20 bits per heavy atom. The van der Waals surface area contributed by atoms with Gasteiger partial charge in [-0.05, 0) is 50.3 Å². The number of hydrogen-bond donors (Lipinski definition) is 2. The fourth-order valence-corrected chi connectivity index (χ4v) is 3.43. The van der Waals surface area contributed by atoms with Crippen LogP contribution in [-0.2, 0) is 0 Å². The van der Waals surface area contributed by atoms with Gasteiger partial charge in [0.15, 0.2) is 0 Å². The molecule has 1 atom stereocenters. The third kappa shape index (κ3) is 5.45. The average Bonchev–Trinajstić information content (AvgIpc) is 2.26. The minimum atomic E-state index is 0.0215. The van der Waals surface area contributed by atoms with Crippen LogP contribution in [0.2, 0.25) is 0 Å². The second-order valence-electron chi connectivity index (χ2n) is 7.43. The Balaban J connectivity index is 2.94. The first kappa shape index (κ1) is 17.5. The largest absolute Gasteiger partial charge is 0.508 e. The monoisotopic (exact) mass is 341 g/mol. The van der Waals surface area contributed by atoms with Gasteiger partial charge in [0.05, 0.1) is 0 Å². The first-order chi connectivity index (χ1) is 9.04. The zero-order chi connectivity index (χ0) is 15.6. The van der Waals surface area contributed by atoms with Crippen LogP contribution in [0.25, 0.3) is 0 Å². The molecule has 0 aliphatic carbocycles. The summed E-state index contributed by atoms with van der Waals surface area (Å²) in [7, 11) is 0. The van der Waals surface area contributed by atoms with Gasteiger partial charge in [0.1, 0.15) is 5.75 Å². The summed E-state index contributed by atoms with van der Waals surface area (Å²) in [6.07, 6.45) is 2.02. The highest BCUT2D eigenvalue weighted by Crippen LogP contribution is 2.33. The number of nitrogens with one attached hydrogen (secondary N) is 1. The van der Waals surface area contributed by atoms with Gasteiger partial charge in [-0.2, -0.15) is 0 Å². The number of halogens is 1. The summed E-state index contributed by atoms with van der Waals surface area (Å²) in [5.41, 5.74) is 1.26. The van der Waals surface area contributed by atoms with E-state index in [-0.39, 0.29) is 17.0 Å². The molecule has 0 saturated heterocycles. The molecule has 1 aromatic carbocycles. The van der Waals surface area contributed by atoms with E-state index in [9.17, 15) is 5.11 Å². The predicted octanol–water partition coefficient (Wildman–Crippen LogP) is 5.41. The Hall–Kier alpha value is -0.540. The molecule has 1 rings (SSSR count). The number of benzene rings is 1. The fraction of sp³-hybridized carbons (Fsp3) is 0.647. The first-order valence-electron chi connectivity index (χ1n) is 7.30. The summed E-state index contributed by atoms with van der Waals surface area (Å²) in [5.74, 6) is 0.360. The quantitative estimate of drug-likeness (QED) is 0.750. The lowest BCUT2D eigenvalue weighted by Gasteiger charge is -2.37. The molecular weight excluding hydrogens is 314 g/mol. The van der Waals surface area contributed by atoms with Crippen molar-refractivity contribution in [1.29, 1.82) is 0 Å². The Labute approximate surface area is 132 Å². The van der Waals surface area contributed by atoms with E-state index >= 15 is 0 Å². The summed E-state index contributed by atoms with van der Waals surface area (Å²) >= 11 is 3.48. The molecule has 2 nitrogen and oxygen atoms in total. The summed E-state index contributed by atoms with van der Waals surface area (Å²) in [4.78, 5) is 0. The molecule has 1 unspecified atom stereocenters. The molecule has 0 fully saturated rings. The van der Waals surface area contributed by atoms with E-state index in [0.29, 0.717) is 5.75 Å². The van der Waals surface area contributed by atoms with Crippen molar-refractivity contribution in [3.8, 4) is 5.75 Å². The number of rotatable bonds is 5. The molecule has 0 bridgehead atoms. The summed E-state index contributed by atoms with van der Waals surface area (Å²) in [5, 5.41) is 13.8. The van der Waals surface area contributed by atoms with Crippen LogP contribution < -0.4 is 5.32 Å². The van der Waals surface area contributed by atoms with E-state index < -0.39 is 0 Å². The molecule has 0 aliphatic heterocycles. The Kier molecular flexibility index (Phi) is 5.68. The molecule has 20 heavy (non-hydrogen) atoms. The molecular formula is C17H28BrNO. The highest BCUT2D eigenvalue weighted by atomic mass is 79.9. The van der Waals surface area contributed by atoms with E-state index in [1.165, 1.54) is 0 Å². The molecule has 114 valence electrons. The number of phenols is 1. The molecule has 2 N–H and O–H groups in total. The number of phenolic OH excluding ortho intramolecular Hbond substituents is 1. The van der Waals surface area contributed by atoms with Gasteiger partial charge in [0.25, 0.3) is 0 Å². The minimum absolute atomic E-state index is 0.0215. The Bertz CT molecular complexity index is 449. The van der Waals surface area contributed by atoms with Crippen LogP contribution in [-0.4, -0.2) is 10.6 Å². The molecule has 0 radical (unpaired) electrons. The molecule has 1 aromatic rings. The molecule has 0 aliphatic rings. The van der Waals surface area contributed by atoms with Crippen molar-refractivity contribution < 1.29 is 5.11 Å². The van der Waals surface area contributed by atoms with Gasteiger partial charge in [-0.25, -0.2) is 0 Å². The highest BCUT2D eigenvalue weighted by molar-refractivity contribution is 9.10. The topological polar surface area (TPSA) is 32.3 Å². The van der Waals surface area contributed by atoms with Gasteiger partial charge in [0, 0.05) is 21.6 Å². The smallest absolute Gasteiger partial charge is 0.120 e. The Morgan fingerprint density at radius 3 is 2.30 bits per heavy atom. The Morgan fingerprint density at radius 2 is 1.80 bits per heavy atom. The average molecular weight is 342 g/mol. The van der Waals surface area contributed by atoms with Crippen LogP contribution in [0.4, 0.5) is 0 Å². The van der Waals surface area contributed by atoms with Crippen molar-refractivity contribution in [2.24, 2.45) is 5.41 Å². The lowest BCUT2D eigenvalue weighted by Crippen LogP contribution is -2.44. The molecule has 0 heterocycles. The van der Waals surface area contributed by atoms with Gasteiger partial charge in [-0.3, -0.25) is 0 Å². The van der Waals surface area contributed by atoms with Gasteiger partial charge in [-0.1, -0.05) is 43.6 Å². The lowest BCUT2D eigenvalue weighted by molar-refractivity contribution is 0.219. The second kappa shape index (κ2) is 6.48. The normalized spacial score (nSPS) is 14.3. The molecule has 0 aromatic heterocycles. The third-order valence-electron chi connectivity index (χ3n) is 3.31. The maximum Gasteiger partial charge on any atom is 0.120 e. The molecule has 0 saturated carbocycles. The summed E-state index contributed by atoms with van der Waals surface area (Å²) in [6, 6.07) is 5.78. The standard InChI is InChI=1S/C17H28BrNO/c1-7-14(13-10-12(18)8-9-15(13)20)19-17(5,6)11-16(2,3)4/h8-10,14,19-20H,7,11H2,1-6H3. The summed E-state index contributed by atoms with van der Waals surface area (Å²) in [6.45, 7) is 13.4. The number of hydrogen-bond acceptors (Lipinski definition) is 2. The second-order valence-corrected chi connectivity index (χ2v) is 8.35. The van der Waals surface area contributed by atoms with E-state index in [4.69, 9.17) is 0 Å². The predicted molar refractivity (Wildman–Crippen MR) is 90.1 cm³/mol. The van der Waals surface area contributed by atoms with Crippen LogP contribution in [0.1, 0.15) is 66.0 Å². The van der Waals surface area contributed by atoms with Crippen molar-refractivity contribution in [3.05, 3.63) is 28.2 Å². The summed E-state index contributed by atoms with van der Waals surface area (Å²) < 4.78 is 0.999. The van der Waals surface area contributed by atoms with E-state index in [2.05, 4.69) is 62.8 Å². The number of aromatic hydroxyl groups is 1. The van der Waals surface area contributed by atoms with Gasteiger partial charge in [0.2, 0.25) is 0 Å². The zero-order valence-corrected chi connectivity index (χ0v) is 15.1. The van der Waals surface area contributed by atoms with Gasteiger partial charge < -0.3 is 10.4 Å². The lowest BCUT2D eigenvalue weighted by atomic mass is 9.81. The van der Waals surface area contributed by atoms with Gasteiger partial charge >= 0.3 is 0 Å². The third-order valence-corrected chi connectivity index (χ3v) is 3.80. The molecule has 3 heteroatoms. The van der Waals surface area contributed by atoms with Crippen LogP contribution in [0, 0.1) is 5.41 Å². The van der Waals surface area contributed by atoms with Crippen molar-refractivity contribution in [2.75, 3.05) is 0 Å². The van der Waals surface area contributed by atoms with E-state index in [1.807, 2.05) is 12.1 Å². The van der Waals surface area contributed by atoms with Crippen molar-refractivity contribution >= 4 is 15.9 Å². The van der Waals surface area contributed by atoms with Crippen LogP contribution in [0.5, 0.6) is 5.75 Å². The van der Waals surface area contributed by atoms with Crippen molar-refractivity contribution in [3.63, 3.8) is 0 Å². The van der Waals surface area contributed by atoms with Crippen LogP contribution in [0.3, 0.4) is 0 Å². The highest BCUT2D eigenvalue weighted by Gasteiger charge is 2.28. The fourth-order valence-electron chi connectivity index (χ4n) is 3.05. The molecule has 0 amide bonds. The maximum atomic E-state index is 10.1. The zero-order valence-electron chi connectivity index (χ0n) is 13.5. The van der Waals surface area contributed by atoms with Crippen molar-refractivity contribution in [2.45, 2.75) is 66.0 Å². The van der Waals surface area contributed by atoms with Crippen molar-refractivity contribution in [1.82, 2.24) is 5.32 Å². The van der Waals surface area contributed by atoms with Crippen LogP contribution in [0.15, 0.2) is 22.7 Å². The minimum Gasteiger partial charge on any atom is -0.508 e. The molecule has 0 spiro atoms. The SMILES string of the molecule is CCC(NC(C)(C)CC(C)(C)C)c1cc(Br)ccc1O.